The van der Waals surface area contributed by atoms with E-state index >= 15 is 0 Å². The van der Waals surface area contributed by atoms with E-state index in [1.54, 1.807) is 24.3 Å². The summed E-state index contributed by atoms with van der Waals surface area (Å²) in [7, 11) is 0. The second-order valence-electron chi connectivity index (χ2n) is 4.32. The molecule has 0 radical (unpaired) electrons. The summed E-state index contributed by atoms with van der Waals surface area (Å²) in [4.78, 5) is 0. The third-order valence-corrected chi connectivity index (χ3v) is 11.9. The third kappa shape index (κ3) is 3.12. The second-order valence-corrected chi connectivity index (χ2v) is 11.6. The van der Waals surface area contributed by atoms with Gasteiger partial charge in [-0.1, -0.05) is 0 Å². The normalized spacial score (nSPS) is 10.1. The van der Waals surface area contributed by atoms with Gasteiger partial charge < -0.3 is 0 Å². The van der Waals surface area contributed by atoms with Crippen molar-refractivity contribution >= 4 is 6.14 Å². The number of hydrogen-bond acceptors (Lipinski definition) is 0. The van der Waals surface area contributed by atoms with Gasteiger partial charge in [-0.05, 0) is 0 Å². The van der Waals surface area contributed by atoms with Crippen LogP contribution in [0.1, 0.15) is 11.1 Å². The Bertz CT molecular complexity index is 500. The Morgan fingerprint density at radius 1 is 0.765 bits per heavy atom. The molecule has 0 amide bonds. The molecule has 17 heavy (non-hydrogen) atoms. The van der Waals surface area contributed by atoms with Gasteiger partial charge >= 0.3 is 113 Å². The fraction of sp³-hybridized carbons (Fsp3) is 0.143. The molecule has 0 aliphatic rings. The molecule has 0 nitrogen and oxygen atoms in total. The van der Waals surface area contributed by atoms with E-state index in [0.29, 0.717) is 0 Å². The van der Waals surface area contributed by atoms with E-state index in [4.69, 9.17) is 0 Å². The van der Waals surface area contributed by atoms with Gasteiger partial charge in [0.25, 0.3) is 0 Å². The van der Waals surface area contributed by atoms with Crippen molar-refractivity contribution in [3.05, 3.63) is 59.2 Å². The molecule has 0 spiro atoms. The summed E-state index contributed by atoms with van der Waals surface area (Å²) in [6.45, 7) is 3.98. The molecule has 0 saturated heterocycles. The van der Waals surface area contributed by atoms with Crippen LogP contribution in [-0.2, 0) is 24.6 Å². The van der Waals surface area contributed by atoms with Crippen molar-refractivity contribution < 1.29 is 33.4 Å². The van der Waals surface area contributed by atoms with Crippen molar-refractivity contribution in [2.75, 3.05) is 0 Å². The summed E-state index contributed by atoms with van der Waals surface area (Å²) in [5, 5.41) is 0. The van der Waals surface area contributed by atoms with Crippen molar-refractivity contribution in [1.82, 2.24) is 0 Å². The third-order valence-electron chi connectivity index (χ3n) is 3.00. The van der Waals surface area contributed by atoms with Crippen LogP contribution in [0.4, 0.5) is 8.78 Å². The molecule has 0 heterocycles. The van der Waals surface area contributed by atoms with Crippen molar-refractivity contribution in [3.8, 4) is 0 Å². The summed E-state index contributed by atoms with van der Waals surface area (Å²) in [6, 6.07) is 9.79. The predicted octanol–water partition coefficient (Wildman–Crippen LogP) is 2.61. The van der Waals surface area contributed by atoms with Crippen LogP contribution in [0.5, 0.6) is 0 Å². The molecule has 0 atom stereocenters. The maximum atomic E-state index is 13.2. The van der Waals surface area contributed by atoms with Crippen LogP contribution < -0.4 is 6.14 Å². The molecule has 0 N–H and O–H groups in total. The molecule has 84 valence electrons. The first-order valence-corrected chi connectivity index (χ1v) is 11.1. The topological polar surface area (TPSA) is 0 Å². The zero-order valence-electron chi connectivity index (χ0n) is 9.93. The molecule has 0 unspecified atom stereocenters. The molecular formula is C14H12F2Hg. The molecule has 2 rings (SSSR count). The summed E-state index contributed by atoms with van der Waals surface area (Å²) in [5.41, 5.74) is 2.24. The van der Waals surface area contributed by atoms with Crippen LogP contribution in [0.3, 0.4) is 0 Å². The minimum atomic E-state index is -1.64. The van der Waals surface area contributed by atoms with Crippen molar-refractivity contribution in [3.63, 3.8) is 0 Å². The first-order chi connectivity index (χ1) is 8.06. The summed E-state index contributed by atoms with van der Waals surface area (Å²) in [5.74, 6) is -0.390. The summed E-state index contributed by atoms with van der Waals surface area (Å²) >= 11 is -1.64. The quantitative estimate of drug-likeness (QED) is 0.658. The fourth-order valence-electron chi connectivity index (χ4n) is 1.87. The van der Waals surface area contributed by atoms with Crippen LogP contribution in [0.25, 0.3) is 0 Å². The Hall–Kier alpha value is -0.765. The standard InChI is InChI=1S/2C7H6F.Hg/c2*1-6-2-4-7(8)5-3-6;/h2*2,4-5H,1H3;. The van der Waals surface area contributed by atoms with E-state index in [1.807, 2.05) is 13.8 Å². The molecule has 2 aromatic rings. The van der Waals surface area contributed by atoms with Crippen molar-refractivity contribution in [2.24, 2.45) is 0 Å². The van der Waals surface area contributed by atoms with Crippen LogP contribution in [0.15, 0.2) is 36.4 Å². The Labute approximate surface area is 112 Å². The second kappa shape index (κ2) is 5.26. The van der Waals surface area contributed by atoms with Crippen molar-refractivity contribution in [1.29, 1.82) is 0 Å². The Morgan fingerprint density at radius 3 is 1.59 bits per heavy atom. The SMILES string of the molecule is Cc1ccc(F)c[c]1[Hg][c]1cc(F)ccc1C. The van der Waals surface area contributed by atoms with E-state index in [2.05, 4.69) is 0 Å². The van der Waals surface area contributed by atoms with Gasteiger partial charge in [-0.2, -0.15) is 0 Å². The Balaban J connectivity index is 2.37. The number of rotatable bonds is 2. The maximum absolute atomic E-state index is 13.2. The molecule has 3 heteroatoms. The molecular weight excluding hydrogens is 407 g/mol. The molecule has 0 aliphatic heterocycles. The van der Waals surface area contributed by atoms with Gasteiger partial charge in [0.1, 0.15) is 0 Å². The molecule has 0 aliphatic carbocycles. The van der Waals surface area contributed by atoms with E-state index in [0.717, 1.165) is 17.3 Å². The monoisotopic (exact) mass is 420 g/mol. The number of aryl methyl sites for hydroxylation is 2. The zero-order chi connectivity index (χ0) is 12.4. The van der Waals surface area contributed by atoms with E-state index in [-0.39, 0.29) is 11.6 Å². The van der Waals surface area contributed by atoms with Gasteiger partial charge in [0, 0.05) is 0 Å². The molecule has 0 aromatic heterocycles. The van der Waals surface area contributed by atoms with Gasteiger partial charge in [0.05, 0.1) is 0 Å². The minimum absolute atomic E-state index is 0.195. The number of hydrogen-bond donors (Lipinski definition) is 0. The van der Waals surface area contributed by atoms with Crippen molar-refractivity contribution in [2.45, 2.75) is 13.8 Å². The molecule has 0 fully saturated rings. The summed E-state index contributed by atoms with van der Waals surface area (Å²) < 4.78 is 28.6. The van der Waals surface area contributed by atoms with Gasteiger partial charge in [0.2, 0.25) is 0 Å². The first kappa shape index (κ1) is 12.7. The zero-order valence-corrected chi connectivity index (χ0v) is 15.4. The number of halogens is 2. The fourth-order valence-corrected chi connectivity index (χ4v) is 8.86. The van der Waals surface area contributed by atoms with E-state index < -0.39 is 24.6 Å². The van der Waals surface area contributed by atoms with Gasteiger partial charge in [-0.25, -0.2) is 0 Å². The summed E-state index contributed by atoms with van der Waals surface area (Å²) in [6.07, 6.45) is 0. The van der Waals surface area contributed by atoms with Gasteiger partial charge in [-0.15, -0.1) is 0 Å². The van der Waals surface area contributed by atoms with Gasteiger partial charge in [0.15, 0.2) is 0 Å². The molecule has 0 bridgehead atoms. The Kier molecular flexibility index (Phi) is 3.92. The molecule has 2 aromatic carbocycles. The average Bonchev–Trinajstić information content (AvgIpc) is 2.28. The predicted molar refractivity (Wildman–Crippen MR) is 61.5 cm³/mol. The first-order valence-electron chi connectivity index (χ1n) is 5.56. The van der Waals surface area contributed by atoms with Crippen LogP contribution in [0, 0.1) is 25.5 Å². The van der Waals surface area contributed by atoms with Crippen LogP contribution in [-0.4, -0.2) is 0 Å². The number of benzene rings is 2. The molecule has 0 saturated carbocycles. The van der Waals surface area contributed by atoms with Crippen LogP contribution in [0.2, 0.25) is 0 Å². The Morgan fingerprint density at radius 2 is 1.18 bits per heavy atom. The van der Waals surface area contributed by atoms with Crippen LogP contribution >= 0.6 is 0 Å². The van der Waals surface area contributed by atoms with Gasteiger partial charge in [-0.3, -0.25) is 0 Å². The van der Waals surface area contributed by atoms with E-state index in [1.165, 1.54) is 12.1 Å². The average molecular weight is 419 g/mol. The van der Waals surface area contributed by atoms with E-state index in [9.17, 15) is 8.78 Å².